The molecule has 0 unspecified atom stereocenters. The minimum Gasteiger partial charge on any atom is -0.399 e. The monoisotopic (exact) mass is 273 g/mol. The van der Waals surface area contributed by atoms with Gasteiger partial charge in [-0.2, -0.15) is 0 Å². The first-order chi connectivity index (χ1) is 9.49. The highest BCUT2D eigenvalue weighted by Gasteiger charge is 2.38. The Balaban J connectivity index is 1.81. The third-order valence-corrected chi connectivity index (χ3v) is 3.78. The van der Waals surface area contributed by atoms with E-state index >= 15 is 0 Å². The fourth-order valence-electron chi connectivity index (χ4n) is 2.36. The molecule has 2 aliphatic rings. The maximum Gasteiger partial charge on any atom is 0.262 e. The van der Waals surface area contributed by atoms with Crippen molar-refractivity contribution in [2.75, 3.05) is 19.3 Å². The molecule has 0 saturated heterocycles. The summed E-state index contributed by atoms with van der Waals surface area (Å²) < 4.78 is 0. The van der Waals surface area contributed by atoms with Crippen LogP contribution in [0.5, 0.6) is 0 Å². The molecule has 6 nitrogen and oxygen atoms in total. The molecule has 1 aliphatic carbocycles. The quantitative estimate of drug-likeness (QED) is 0.641. The molecular formula is C14H15N3O3. The lowest BCUT2D eigenvalue weighted by atomic mass is 10.1. The largest absolute Gasteiger partial charge is 0.399 e. The molecule has 0 bridgehead atoms. The van der Waals surface area contributed by atoms with Crippen LogP contribution >= 0.6 is 0 Å². The summed E-state index contributed by atoms with van der Waals surface area (Å²) in [6, 6.07) is 4.84. The van der Waals surface area contributed by atoms with E-state index in [-0.39, 0.29) is 24.1 Å². The van der Waals surface area contributed by atoms with Crippen molar-refractivity contribution in [3.8, 4) is 0 Å². The molecule has 0 aromatic heterocycles. The number of hydrogen-bond donors (Lipinski definition) is 1. The summed E-state index contributed by atoms with van der Waals surface area (Å²) in [4.78, 5) is 39.0. The molecule has 0 radical (unpaired) electrons. The van der Waals surface area contributed by atoms with E-state index < -0.39 is 11.8 Å². The van der Waals surface area contributed by atoms with Crippen LogP contribution in [-0.2, 0) is 4.79 Å². The fraction of sp³-hybridized carbons (Fsp3) is 0.357. The van der Waals surface area contributed by atoms with E-state index in [1.165, 1.54) is 12.1 Å². The maximum absolute atomic E-state index is 12.2. The van der Waals surface area contributed by atoms with Crippen molar-refractivity contribution in [1.82, 2.24) is 9.80 Å². The molecule has 3 amide bonds. The van der Waals surface area contributed by atoms with Crippen LogP contribution in [0.3, 0.4) is 0 Å². The van der Waals surface area contributed by atoms with E-state index in [9.17, 15) is 14.4 Å². The van der Waals surface area contributed by atoms with Gasteiger partial charge in [0.15, 0.2) is 0 Å². The maximum atomic E-state index is 12.2. The Bertz CT molecular complexity index is 622. The lowest BCUT2D eigenvalue weighted by molar-refractivity contribution is -0.130. The Morgan fingerprint density at radius 1 is 1.30 bits per heavy atom. The molecule has 6 heteroatoms. The van der Waals surface area contributed by atoms with Gasteiger partial charge in [-0.1, -0.05) is 0 Å². The Hall–Kier alpha value is -2.37. The van der Waals surface area contributed by atoms with Crippen molar-refractivity contribution >= 4 is 23.4 Å². The summed E-state index contributed by atoms with van der Waals surface area (Å²) in [7, 11) is 1.70. The smallest absolute Gasteiger partial charge is 0.262 e. The molecular weight excluding hydrogens is 258 g/mol. The number of likely N-dealkylation sites (N-methyl/N-ethyl adjacent to an activating group) is 1. The number of fused-ring (bicyclic) bond motifs is 1. The molecule has 0 atom stereocenters. The Kier molecular flexibility index (Phi) is 2.74. The number of carbonyl (C=O) groups is 3. The van der Waals surface area contributed by atoms with E-state index in [2.05, 4.69) is 0 Å². The van der Waals surface area contributed by atoms with E-state index in [0.717, 1.165) is 17.7 Å². The number of carbonyl (C=O) groups excluding carboxylic acids is 3. The van der Waals surface area contributed by atoms with Crippen molar-refractivity contribution in [1.29, 1.82) is 0 Å². The van der Waals surface area contributed by atoms with Gasteiger partial charge in [-0.05, 0) is 31.0 Å². The van der Waals surface area contributed by atoms with Gasteiger partial charge in [-0.15, -0.1) is 0 Å². The van der Waals surface area contributed by atoms with Gasteiger partial charge in [-0.3, -0.25) is 19.3 Å². The van der Waals surface area contributed by atoms with E-state index in [1.807, 2.05) is 0 Å². The number of imide groups is 1. The van der Waals surface area contributed by atoms with Gasteiger partial charge in [0, 0.05) is 18.8 Å². The molecule has 1 aromatic rings. The number of nitrogens with two attached hydrogens (primary N) is 1. The number of nitrogen functional groups attached to an aromatic ring is 1. The molecule has 1 aliphatic heterocycles. The SMILES string of the molecule is CN(C(=O)CN1C(=O)c2ccc(N)cc2C1=O)C1CC1. The van der Waals surface area contributed by atoms with Crippen LogP contribution in [0.15, 0.2) is 18.2 Å². The van der Waals surface area contributed by atoms with Crippen molar-refractivity contribution in [3.05, 3.63) is 29.3 Å². The van der Waals surface area contributed by atoms with Gasteiger partial charge >= 0.3 is 0 Å². The highest BCUT2D eigenvalue weighted by atomic mass is 16.2. The van der Waals surface area contributed by atoms with Crippen LogP contribution in [0.25, 0.3) is 0 Å². The topological polar surface area (TPSA) is 83.7 Å². The van der Waals surface area contributed by atoms with Gasteiger partial charge in [0.1, 0.15) is 6.54 Å². The van der Waals surface area contributed by atoms with Crippen LogP contribution < -0.4 is 5.73 Å². The predicted molar refractivity (Wildman–Crippen MR) is 72.0 cm³/mol. The second-order valence-electron chi connectivity index (χ2n) is 5.24. The molecule has 1 aromatic carbocycles. The number of amides is 3. The van der Waals surface area contributed by atoms with Gasteiger partial charge < -0.3 is 10.6 Å². The minimum absolute atomic E-state index is 0.209. The Labute approximate surface area is 116 Å². The third kappa shape index (κ3) is 1.93. The van der Waals surface area contributed by atoms with E-state index in [0.29, 0.717) is 11.3 Å². The second kappa shape index (κ2) is 4.33. The zero-order valence-electron chi connectivity index (χ0n) is 11.1. The molecule has 0 spiro atoms. The van der Waals surface area contributed by atoms with Gasteiger partial charge in [0.2, 0.25) is 5.91 Å². The summed E-state index contributed by atoms with van der Waals surface area (Å²) in [5.74, 6) is -1.09. The molecule has 2 N–H and O–H groups in total. The number of hydrogen-bond acceptors (Lipinski definition) is 4. The summed E-state index contributed by atoms with van der Waals surface area (Å²) >= 11 is 0. The first kappa shape index (κ1) is 12.7. The summed E-state index contributed by atoms with van der Waals surface area (Å²) in [6.07, 6.45) is 1.97. The summed E-state index contributed by atoms with van der Waals surface area (Å²) in [5.41, 5.74) is 6.63. The minimum atomic E-state index is -0.449. The number of benzene rings is 1. The average Bonchev–Trinajstić information content (AvgIpc) is 3.23. The second-order valence-corrected chi connectivity index (χ2v) is 5.24. The summed E-state index contributed by atoms with van der Waals surface area (Å²) in [6.45, 7) is -0.209. The zero-order valence-corrected chi connectivity index (χ0v) is 11.1. The van der Waals surface area contributed by atoms with Crippen LogP contribution in [0.2, 0.25) is 0 Å². The Morgan fingerprint density at radius 2 is 1.95 bits per heavy atom. The van der Waals surface area contributed by atoms with Crippen LogP contribution in [0.1, 0.15) is 33.6 Å². The van der Waals surface area contributed by atoms with Crippen molar-refractivity contribution in [2.45, 2.75) is 18.9 Å². The average molecular weight is 273 g/mol. The van der Waals surface area contributed by atoms with Crippen molar-refractivity contribution in [2.24, 2.45) is 0 Å². The lowest BCUT2D eigenvalue weighted by Crippen LogP contribution is -2.41. The Morgan fingerprint density at radius 3 is 2.60 bits per heavy atom. The van der Waals surface area contributed by atoms with E-state index in [4.69, 9.17) is 5.73 Å². The van der Waals surface area contributed by atoms with E-state index in [1.54, 1.807) is 18.0 Å². The molecule has 104 valence electrons. The summed E-state index contributed by atoms with van der Waals surface area (Å²) in [5, 5.41) is 0. The molecule has 20 heavy (non-hydrogen) atoms. The number of anilines is 1. The third-order valence-electron chi connectivity index (χ3n) is 3.78. The predicted octanol–water partition coefficient (Wildman–Crippen LogP) is 0.486. The fourth-order valence-corrected chi connectivity index (χ4v) is 2.36. The molecule has 1 heterocycles. The van der Waals surface area contributed by atoms with Crippen molar-refractivity contribution in [3.63, 3.8) is 0 Å². The van der Waals surface area contributed by atoms with Crippen LogP contribution in [0, 0.1) is 0 Å². The zero-order chi connectivity index (χ0) is 14.4. The van der Waals surface area contributed by atoms with Crippen LogP contribution in [-0.4, -0.2) is 47.2 Å². The lowest BCUT2D eigenvalue weighted by Gasteiger charge is -2.20. The molecule has 3 rings (SSSR count). The first-order valence-corrected chi connectivity index (χ1v) is 6.50. The van der Waals surface area contributed by atoms with Crippen LogP contribution in [0.4, 0.5) is 5.69 Å². The molecule has 1 saturated carbocycles. The van der Waals surface area contributed by atoms with Crippen molar-refractivity contribution < 1.29 is 14.4 Å². The van der Waals surface area contributed by atoms with Gasteiger partial charge in [0.05, 0.1) is 11.1 Å². The number of rotatable bonds is 3. The molecule has 1 fully saturated rings. The highest BCUT2D eigenvalue weighted by Crippen LogP contribution is 2.27. The first-order valence-electron chi connectivity index (χ1n) is 6.50. The number of nitrogens with zero attached hydrogens (tertiary/aromatic N) is 2. The normalized spacial score (nSPS) is 17.4. The highest BCUT2D eigenvalue weighted by molar-refractivity contribution is 6.22. The standard InChI is InChI=1S/C14H15N3O3/c1-16(9-3-4-9)12(18)7-17-13(19)10-5-2-8(15)6-11(10)14(17)20/h2,5-6,9H,3-4,7,15H2,1H3. The van der Waals surface area contributed by atoms with Gasteiger partial charge in [0.25, 0.3) is 11.8 Å². The van der Waals surface area contributed by atoms with Gasteiger partial charge in [-0.25, -0.2) is 0 Å².